The molecule has 0 bridgehead atoms. The first-order valence-corrected chi connectivity index (χ1v) is 7.15. The van der Waals surface area contributed by atoms with Gasteiger partial charge in [-0.25, -0.2) is 0 Å². The normalized spacial score (nSPS) is 17.1. The number of nitro benzene ring substituents is 1. The van der Waals surface area contributed by atoms with Gasteiger partial charge in [-0.1, -0.05) is 12.1 Å². The highest BCUT2D eigenvalue weighted by atomic mass is 16.6. The molecule has 0 saturated heterocycles. The number of hydrogen-bond acceptors (Lipinski definition) is 4. The second-order valence-electron chi connectivity index (χ2n) is 5.74. The summed E-state index contributed by atoms with van der Waals surface area (Å²) in [5, 5.41) is 10.8. The standard InChI is InChI=1S/C15H21N3O3/c1-10(12-4-3-5-13(8-12)18(20)21)17(2)15(19)9-14(16)11-6-7-11/h3-5,8,10-11,14H,6-7,9,16H2,1-2H3. The van der Waals surface area contributed by atoms with Gasteiger partial charge in [0.25, 0.3) is 5.69 Å². The molecular formula is C15H21N3O3. The third kappa shape index (κ3) is 3.78. The Hall–Kier alpha value is -1.95. The number of rotatable bonds is 6. The number of nitrogens with two attached hydrogens (primary N) is 1. The number of non-ortho nitro benzene ring substituents is 1. The quantitative estimate of drug-likeness (QED) is 0.643. The molecule has 1 saturated carbocycles. The van der Waals surface area contributed by atoms with E-state index in [-0.39, 0.29) is 23.7 Å². The van der Waals surface area contributed by atoms with Crippen molar-refractivity contribution in [2.75, 3.05) is 7.05 Å². The van der Waals surface area contributed by atoms with Crippen LogP contribution in [0.25, 0.3) is 0 Å². The van der Waals surface area contributed by atoms with E-state index in [1.165, 1.54) is 12.1 Å². The van der Waals surface area contributed by atoms with Crippen LogP contribution in [0.1, 0.15) is 37.8 Å². The number of carbonyl (C=O) groups is 1. The molecule has 0 aromatic heterocycles. The van der Waals surface area contributed by atoms with Gasteiger partial charge in [-0.15, -0.1) is 0 Å². The third-order valence-electron chi connectivity index (χ3n) is 4.18. The van der Waals surface area contributed by atoms with Gasteiger partial charge in [-0.2, -0.15) is 0 Å². The zero-order valence-corrected chi connectivity index (χ0v) is 12.4. The average molecular weight is 291 g/mol. The highest BCUT2D eigenvalue weighted by molar-refractivity contribution is 5.77. The molecule has 0 spiro atoms. The van der Waals surface area contributed by atoms with E-state index < -0.39 is 4.92 Å². The molecule has 2 unspecified atom stereocenters. The van der Waals surface area contributed by atoms with Crippen LogP contribution in [0.2, 0.25) is 0 Å². The fourth-order valence-electron chi connectivity index (χ4n) is 2.37. The van der Waals surface area contributed by atoms with Gasteiger partial charge in [-0.3, -0.25) is 14.9 Å². The zero-order chi connectivity index (χ0) is 15.6. The molecule has 6 heteroatoms. The van der Waals surface area contributed by atoms with E-state index in [1.807, 2.05) is 6.92 Å². The lowest BCUT2D eigenvalue weighted by molar-refractivity contribution is -0.384. The van der Waals surface area contributed by atoms with Crippen LogP contribution >= 0.6 is 0 Å². The maximum atomic E-state index is 12.2. The van der Waals surface area contributed by atoms with Crippen molar-refractivity contribution < 1.29 is 9.72 Å². The summed E-state index contributed by atoms with van der Waals surface area (Å²) >= 11 is 0. The molecular weight excluding hydrogens is 270 g/mol. The number of carbonyl (C=O) groups excluding carboxylic acids is 1. The molecule has 21 heavy (non-hydrogen) atoms. The summed E-state index contributed by atoms with van der Waals surface area (Å²) in [6.07, 6.45) is 2.55. The summed E-state index contributed by atoms with van der Waals surface area (Å²) in [6, 6.07) is 6.10. The van der Waals surface area contributed by atoms with Gasteiger partial charge in [0.15, 0.2) is 0 Å². The molecule has 6 nitrogen and oxygen atoms in total. The van der Waals surface area contributed by atoms with E-state index in [2.05, 4.69) is 0 Å². The van der Waals surface area contributed by atoms with Gasteiger partial charge < -0.3 is 10.6 Å². The number of nitro groups is 1. The Kier molecular flexibility index (Phi) is 4.57. The third-order valence-corrected chi connectivity index (χ3v) is 4.18. The first-order chi connectivity index (χ1) is 9.90. The van der Waals surface area contributed by atoms with Gasteiger partial charge in [0.2, 0.25) is 5.91 Å². The van der Waals surface area contributed by atoms with Crippen molar-refractivity contribution in [3.63, 3.8) is 0 Å². The van der Waals surface area contributed by atoms with Crippen molar-refractivity contribution in [3.05, 3.63) is 39.9 Å². The first-order valence-electron chi connectivity index (χ1n) is 7.15. The minimum atomic E-state index is -0.430. The van der Waals surface area contributed by atoms with E-state index in [9.17, 15) is 14.9 Å². The van der Waals surface area contributed by atoms with Crippen molar-refractivity contribution in [3.8, 4) is 0 Å². The van der Waals surface area contributed by atoms with Gasteiger partial charge in [0, 0.05) is 31.6 Å². The lowest BCUT2D eigenvalue weighted by Gasteiger charge is -2.26. The lowest BCUT2D eigenvalue weighted by Crippen LogP contribution is -2.35. The Labute approximate surface area is 124 Å². The van der Waals surface area contributed by atoms with Crippen LogP contribution in [0.15, 0.2) is 24.3 Å². The Morgan fingerprint density at radius 1 is 1.52 bits per heavy atom. The van der Waals surface area contributed by atoms with Crippen LogP contribution < -0.4 is 5.73 Å². The van der Waals surface area contributed by atoms with Gasteiger partial charge in [0.1, 0.15) is 0 Å². The molecule has 1 aromatic rings. The first kappa shape index (κ1) is 15.4. The maximum absolute atomic E-state index is 12.2. The van der Waals surface area contributed by atoms with Gasteiger partial charge in [0.05, 0.1) is 11.0 Å². The number of nitrogens with zero attached hydrogens (tertiary/aromatic N) is 2. The van der Waals surface area contributed by atoms with Crippen LogP contribution in [-0.2, 0) is 4.79 Å². The second-order valence-corrected chi connectivity index (χ2v) is 5.74. The molecule has 0 heterocycles. The summed E-state index contributed by atoms with van der Waals surface area (Å²) in [5.41, 5.74) is 6.77. The molecule has 114 valence electrons. The summed E-state index contributed by atoms with van der Waals surface area (Å²) in [5.74, 6) is 0.462. The highest BCUT2D eigenvalue weighted by Gasteiger charge is 2.31. The Balaban J connectivity index is 2.03. The number of amides is 1. The van der Waals surface area contributed by atoms with Crippen LogP contribution in [-0.4, -0.2) is 28.8 Å². The van der Waals surface area contributed by atoms with Crippen LogP contribution in [0.3, 0.4) is 0 Å². The summed E-state index contributed by atoms with van der Waals surface area (Å²) in [6.45, 7) is 1.86. The van der Waals surface area contributed by atoms with Crippen molar-refractivity contribution >= 4 is 11.6 Å². The topological polar surface area (TPSA) is 89.5 Å². The fraction of sp³-hybridized carbons (Fsp3) is 0.533. The molecule has 1 fully saturated rings. The van der Waals surface area contributed by atoms with E-state index in [0.717, 1.165) is 18.4 Å². The Morgan fingerprint density at radius 3 is 2.76 bits per heavy atom. The van der Waals surface area contributed by atoms with E-state index in [0.29, 0.717) is 12.3 Å². The fourth-order valence-corrected chi connectivity index (χ4v) is 2.37. The smallest absolute Gasteiger partial charge is 0.269 e. The van der Waals surface area contributed by atoms with Crippen molar-refractivity contribution in [2.45, 2.75) is 38.3 Å². The van der Waals surface area contributed by atoms with Crippen molar-refractivity contribution in [1.82, 2.24) is 4.90 Å². The largest absolute Gasteiger partial charge is 0.339 e. The summed E-state index contributed by atoms with van der Waals surface area (Å²) < 4.78 is 0. The summed E-state index contributed by atoms with van der Waals surface area (Å²) in [4.78, 5) is 24.2. The van der Waals surface area contributed by atoms with E-state index in [4.69, 9.17) is 5.73 Å². The minimum Gasteiger partial charge on any atom is -0.339 e. The molecule has 2 rings (SSSR count). The predicted octanol–water partition coefficient (Wildman–Crippen LogP) is 2.24. The lowest BCUT2D eigenvalue weighted by atomic mass is 10.0. The number of hydrogen-bond donors (Lipinski definition) is 1. The SMILES string of the molecule is CC(c1cccc([N+](=O)[O-])c1)N(C)C(=O)CC(N)C1CC1. The maximum Gasteiger partial charge on any atom is 0.269 e. The molecule has 0 radical (unpaired) electrons. The number of benzene rings is 1. The van der Waals surface area contributed by atoms with Crippen LogP contribution in [0, 0.1) is 16.0 Å². The van der Waals surface area contributed by atoms with E-state index in [1.54, 1.807) is 24.1 Å². The predicted molar refractivity (Wildman–Crippen MR) is 79.6 cm³/mol. The van der Waals surface area contributed by atoms with Gasteiger partial charge >= 0.3 is 0 Å². The van der Waals surface area contributed by atoms with Crippen molar-refractivity contribution in [1.29, 1.82) is 0 Å². The van der Waals surface area contributed by atoms with Crippen molar-refractivity contribution in [2.24, 2.45) is 11.7 Å². The van der Waals surface area contributed by atoms with Gasteiger partial charge in [-0.05, 0) is 31.2 Å². The van der Waals surface area contributed by atoms with Crippen LogP contribution in [0.5, 0.6) is 0 Å². The zero-order valence-electron chi connectivity index (χ0n) is 12.4. The average Bonchev–Trinajstić information content (AvgIpc) is 3.30. The van der Waals surface area contributed by atoms with E-state index >= 15 is 0 Å². The molecule has 1 aliphatic carbocycles. The Bertz CT molecular complexity index is 543. The molecule has 1 aromatic carbocycles. The monoisotopic (exact) mass is 291 g/mol. The van der Waals surface area contributed by atoms with Crippen LogP contribution in [0.4, 0.5) is 5.69 Å². The second kappa shape index (κ2) is 6.22. The molecule has 0 aliphatic heterocycles. The summed E-state index contributed by atoms with van der Waals surface area (Å²) in [7, 11) is 1.71. The molecule has 1 amide bonds. The molecule has 1 aliphatic rings. The Morgan fingerprint density at radius 2 is 2.19 bits per heavy atom. The minimum absolute atomic E-state index is 0.0200. The molecule has 2 atom stereocenters. The highest BCUT2D eigenvalue weighted by Crippen LogP contribution is 2.33. The molecule has 2 N–H and O–H groups in total.